The third kappa shape index (κ3) is 3.08. The van der Waals surface area contributed by atoms with Gasteiger partial charge >= 0.3 is 0 Å². The first-order valence-corrected chi connectivity index (χ1v) is 6.45. The molecule has 1 unspecified atom stereocenters. The molecule has 0 bridgehead atoms. The highest BCUT2D eigenvalue weighted by molar-refractivity contribution is 5.22. The lowest BCUT2D eigenvalue weighted by atomic mass is 9.92. The van der Waals surface area contributed by atoms with E-state index >= 15 is 0 Å². The van der Waals surface area contributed by atoms with Gasteiger partial charge < -0.3 is 10.4 Å². The Labute approximate surface area is 104 Å². The molecule has 2 N–H and O–H groups in total. The van der Waals surface area contributed by atoms with Gasteiger partial charge in [-0.1, -0.05) is 30.3 Å². The van der Waals surface area contributed by atoms with E-state index in [1.165, 1.54) is 12.8 Å². The fourth-order valence-electron chi connectivity index (χ4n) is 2.25. The summed E-state index contributed by atoms with van der Waals surface area (Å²) in [5, 5.41) is 14.0. The molecule has 1 saturated carbocycles. The van der Waals surface area contributed by atoms with E-state index in [1.54, 1.807) is 0 Å². The molecule has 2 nitrogen and oxygen atoms in total. The first kappa shape index (κ1) is 12.6. The molecular weight excluding hydrogens is 210 g/mol. The van der Waals surface area contributed by atoms with Crippen molar-refractivity contribution < 1.29 is 5.11 Å². The fraction of sp³-hybridized carbons (Fsp3) is 0.600. The summed E-state index contributed by atoms with van der Waals surface area (Å²) in [6.45, 7) is 6.93. The predicted octanol–water partition coefficient (Wildman–Crippen LogP) is 2.67. The van der Waals surface area contributed by atoms with E-state index in [1.807, 2.05) is 37.3 Å². The Morgan fingerprint density at radius 2 is 1.76 bits per heavy atom. The van der Waals surface area contributed by atoms with Crippen LogP contribution in [0.2, 0.25) is 0 Å². The summed E-state index contributed by atoms with van der Waals surface area (Å²) >= 11 is 0. The molecule has 0 amide bonds. The average Bonchev–Trinajstić information content (AvgIpc) is 3.12. The highest BCUT2D eigenvalue weighted by atomic mass is 16.3. The van der Waals surface area contributed by atoms with Crippen LogP contribution in [-0.4, -0.2) is 17.2 Å². The van der Waals surface area contributed by atoms with Crippen molar-refractivity contribution in [2.45, 2.75) is 44.8 Å². The molecule has 0 heterocycles. The number of hydrogen-bond acceptors (Lipinski definition) is 2. The Morgan fingerprint density at radius 3 is 2.29 bits per heavy atom. The van der Waals surface area contributed by atoms with Gasteiger partial charge in [-0.3, -0.25) is 0 Å². The summed E-state index contributed by atoms with van der Waals surface area (Å²) in [7, 11) is 0. The summed E-state index contributed by atoms with van der Waals surface area (Å²) in [4.78, 5) is 0. The van der Waals surface area contributed by atoms with Crippen molar-refractivity contribution in [1.29, 1.82) is 0 Å². The van der Waals surface area contributed by atoms with Crippen molar-refractivity contribution >= 4 is 0 Å². The van der Waals surface area contributed by atoms with Crippen LogP contribution in [0.5, 0.6) is 0 Å². The minimum atomic E-state index is -0.798. The van der Waals surface area contributed by atoms with E-state index in [2.05, 4.69) is 19.2 Å². The van der Waals surface area contributed by atoms with Crippen molar-refractivity contribution in [2.75, 3.05) is 6.54 Å². The second kappa shape index (κ2) is 4.43. The molecule has 17 heavy (non-hydrogen) atoms. The summed E-state index contributed by atoms with van der Waals surface area (Å²) in [5.74, 6) is 0.772. The Kier molecular flexibility index (Phi) is 3.28. The zero-order valence-electron chi connectivity index (χ0n) is 11.0. The lowest BCUT2D eigenvalue weighted by molar-refractivity contribution is 0.0474. The van der Waals surface area contributed by atoms with E-state index in [9.17, 15) is 5.11 Å². The van der Waals surface area contributed by atoms with Crippen LogP contribution in [0, 0.1) is 5.92 Å². The number of aliphatic hydroxyl groups is 1. The molecule has 0 aromatic heterocycles. The minimum Gasteiger partial charge on any atom is -0.384 e. The molecular formula is C15H23NO. The normalized spacial score (nSPS) is 20.0. The summed E-state index contributed by atoms with van der Waals surface area (Å²) in [6.07, 6.45) is 2.63. The van der Waals surface area contributed by atoms with Gasteiger partial charge in [0, 0.05) is 12.1 Å². The SMILES string of the molecule is CC(O)(CNC(C)(C)C1CC1)c1ccccc1. The predicted molar refractivity (Wildman–Crippen MR) is 70.8 cm³/mol. The molecule has 94 valence electrons. The lowest BCUT2D eigenvalue weighted by Crippen LogP contribution is -2.48. The van der Waals surface area contributed by atoms with Crippen LogP contribution in [0.4, 0.5) is 0 Å². The van der Waals surface area contributed by atoms with Crippen LogP contribution in [0.15, 0.2) is 30.3 Å². The van der Waals surface area contributed by atoms with Crippen LogP contribution < -0.4 is 5.32 Å². The number of nitrogens with one attached hydrogen (secondary N) is 1. The van der Waals surface area contributed by atoms with Crippen molar-refractivity contribution in [1.82, 2.24) is 5.32 Å². The standard InChI is InChI=1S/C15H23NO/c1-14(2,12-9-10-12)16-11-15(3,17)13-7-5-4-6-8-13/h4-8,12,16-17H,9-11H2,1-3H3. The Morgan fingerprint density at radius 1 is 1.18 bits per heavy atom. The van der Waals surface area contributed by atoms with Gasteiger partial charge in [-0.25, -0.2) is 0 Å². The van der Waals surface area contributed by atoms with Gasteiger partial charge in [-0.05, 0) is 45.1 Å². The first-order chi connectivity index (χ1) is 7.92. The molecule has 1 fully saturated rings. The number of rotatable bonds is 5. The maximum absolute atomic E-state index is 10.5. The van der Waals surface area contributed by atoms with Crippen molar-refractivity contribution in [3.63, 3.8) is 0 Å². The zero-order valence-corrected chi connectivity index (χ0v) is 11.0. The molecule has 1 aromatic carbocycles. The van der Waals surface area contributed by atoms with Gasteiger partial charge in [0.2, 0.25) is 0 Å². The average molecular weight is 233 g/mol. The Balaban J connectivity index is 1.98. The van der Waals surface area contributed by atoms with Crippen molar-refractivity contribution in [3.05, 3.63) is 35.9 Å². The number of hydrogen-bond donors (Lipinski definition) is 2. The molecule has 1 aliphatic carbocycles. The second-order valence-electron chi connectivity index (χ2n) is 5.99. The van der Waals surface area contributed by atoms with Gasteiger partial charge in [0.05, 0.1) is 5.60 Å². The zero-order chi connectivity index (χ0) is 12.5. The lowest BCUT2D eigenvalue weighted by Gasteiger charge is -2.32. The van der Waals surface area contributed by atoms with Crippen molar-refractivity contribution in [3.8, 4) is 0 Å². The Bertz CT molecular complexity index is 366. The summed E-state index contributed by atoms with van der Waals surface area (Å²) < 4.78 is 0. The van der Waals surface area contributed by atoms with E-state index in [4.69, 9.17) is 0 Å². The third-order valence-electron chi connectivity index (χ3n) is 3.88. The topological polar surface area (TPSA) is 32.3 Å². The van der Waals surface area contributed by atoms with E-state index < -0.39 is 5.60 Å². The first-order valence-electron chi connectivity index (χ1n) is 6.45. The van der Waals surface area contributed by atoms with E-state index in [0.29, 0.717) is 6.54 Å². The molecule has 1 aromatic rings. The monoisotopic (exact) mass is 233 g/mol. The quantitative estimate of drug-likeness (QED) is 0.819. The molecule has 0 aliphatic heterocycles. The smallest absolute Gasteiger partial charge is 0.0992 e. The molecule has 2 rings (SSSR count). The van der Waals surface area contributed by atoms with Crippen LogP contribution in [0.25, 0.3) is 0 Å². The van der Waals surface area contributed by atoms with Gasteiger partial charge in [-0.15, -0.1) is 0 Å². The molecule has 0 radical (unpaired) electrons. The van der Waals surface area contributed by atoms with Crippen molar-refractivity contribution in [2.24, 2.45) is 5.92 Å². The molecule has 0 spiro atoms. The molecule has 0 saturated heterocycles. The molecule has 2 heteroatoms. The van der Waals surface area contributed by atoms with Crippen LogP contribution in [0.1, 0.15) is 39.2 Å². The largest absolute Gasteiger partial charge is 0.384 e. The van der Waals surface area contributed by atoms with Gasteiger partial charge in [-0.2, -0.15) is 0 Å². The van der Waals surface area contributed by atoms with Gasteiger partial charge in [0.25, 0.3) is 0 Å². The highest BCUT2D eigenvalue weighted by Crippen LogP contribution is 2.39. The fourth-order valence-corrected chi connectivity index (χ4v) is 2.25. The van der Waals surface area contributed by atoms with Gasteiger partial charge in [0.1, 0.15) is 0 Å². The summed E-state index contributed by atoms with van der Waals surface area (Å²) in [6, 6.07) is 9.87. The van der Waals surface area contributed by atoms with E-state index in [-0.39, 0.29) is 5.54 Å². The van der Waals surface area contributed by atoms with E-state index in [0.717, 1.165) is 11.5 Å². The van der Waals surface area contributed by atoms with Gasteiger partial charge in [0.15, 0.2) is 0 Å². The second-order valence-corrected chi connectivity index (χ2v) is 5.99. The van der Waals surface area contributed by atoms with Crippen LogP contribution >= 0.6 is 0 Å². The Hall–Kier alpha value is -0.860. The molecule has 1 atom stereocenters. The summed E-state index contributed by atoms with van der Waals surface area (Å²) in [5.41, 5.74) is 0.311. The number of β-amino-alcohol motifs (C(OH)–C–C–N with tert-alkyl or cyclic N) is 1. The highest BCUT2D eigenvalue weighted by Gasteiger charge is 2.38. The van der Waals surface area contributed by atoms with Crippen LogP contribution in [-0.2, 0) is 5.60 Å². The van der Waals surface area contributed by atoms with Crippen LogP contribution in [0.3, 0.4) is 0 Å². The maximum Gasteiger partial charge on any atom is 0.0992 e. The minimum absolute atomic E-state index is 0.138. The third-order valence-corrected chi connectivity index (χ3v) is 3.88. The molecule has 1 aliphatic rings. The number of benzene rings is 1. The maximum atomic E-state index is 10.5.